The number of piperidine rings is 1. The van der Waals surface area contributed by atoms with Crippen molar-refractivity contribution in [2.45, 2.75) is 38.9 Å². The lowest BCUT2D eigenvalue weighted by molar-refractivity contribution is 0.124. The summed E-state index contributed by atoms with van der Waals surface area (Å²) >= 11 is 1.53. The number of hydrogen-bond acceptors (Lipinski definition) is 5. The molecule has 0 spiro atoms. The van der Waals surface area contributed by atoms with Crippen LogP contribution >= 0.6 is 11.5 Å². The third-order valence-electron chi connectivity index (χ3n) is 5.31. The Bertz CT molecular complexity index is 687. The van der Waals surface area contributed by atoms with E-state index in [4.69, 9.17) is 0 Å². The molecule has 24 heavy (non-hydrogen) atoms. The van der Waals surface area contributed by atoms with Crippen molar-refractivity contribution in [1.82, 2.24) is 19.4 Å². The van der Waals surface area contributed by atoms with E-state index >= 15 is 0 Å². The molecule has 128 valence electrons. The molecule has 1 aromatic heterocycles. The van der Waals surface area contributed by atoms with E-state index in [0.717, 1.165) is 37.8 Å². The molecule has 3 saturated heterocycles. The van der Waals surface area contributed by atoms with Gasteiger partial charge in [-0.3, -0.25) is 9.80 Å². The van der Waals surface area contributed by atoms with Gasteiger partial charge in [0.2, 0.25) is 0 Å². The summed E-state index contributed by atoms with van der Waals surface area (Å²) < 4.78 is 17.2. The number of halogens is 1. The molecule has 3 aliphatic rings. The summed E-state index contributed by atoms with van der Waals surface area (Å²) in [6, 6.07) is 7.55. The highest BCUT2D eigenvalue weighted by molar-refractivity contribution is 7.05. The molecule has 6 heteroatoms. The van der Waals surface area contributed by atoms with Crippen LogP contribution in [0.25, 0.3) is 0 Å². The molecule has 0 radical (unpaired) electrons. The Labute approximate surface area is 146 Å². The molecule has 3 aliphatic heterocycles. The Kier molecular flexibility index (Phi) is 4.61. The molecule has 2 aromatic rings. The average molecular weight is 346 g/mol. The zero-order chi connectivity index (χ0) is 16.5. The predicted octanol–water partition coefficient (Wildman–Crippen LogP) is 3.08. The Morgan fingerprint density at radius 3 is 2.71 bits per heavy atom. The van der Waals surface area contributed by atoms with E-state index in [9.17, 15) is 4.39 Å². The average Bonchev–Trinajstić information content (AvgIpc) is 2.79. The van der Waals surface area contributed by atoms with Crippen molar-refractivity contribution in [3.8, 4) is 0 Å². The number of aryl methyl sites for hydroxylation is 1. The van der Waals surface area contributed by atoms with Crippen molar-refractivity contribution in [3.05, 3.63) is 46.2 Å². The van der Waals surface area contributed by atoms with Crippen molar-refractivity contribution in [3.63, 3.8) is 0 Å². The van der Waals surface area contributed by atoms with Crippen LogP contribution in [-0.2, 0) is 13.1 Å². The van der Waals surface area contributed by atoms with Gasteiger partial charge >= 0.3 is 0 Å². The van der Waals surface area contributed by atoms with E-state index in [-0.39, 0.29) is 5.82 Å². The van der Waals surface area contributed by atoms with Crippen LogP contribution in [0.2, 0.25) is 0 Å². The Balaban J connectivity index is 1.44. The molecule has 5 rings (SSSR count). The molecule has 0 saturated carbocycles. The van der Waals surface area contributed by atoms with Crippen LogP contribution < -0.4 is 0 Å². The van der Waals surface area contributed by atoms with Gasteiger partial charge in [-0.15, -0.1) is 5.10 Å². The Morgan fingerprint density at radius 2 is 1.96 bits per heavy atom. The van der Waals surface area contributed by atoms with Gasteiger partial charge in [-0.25, -0.2) is 4.39 Å². The van der Waals surface area contributed by atoms with E-state index in [2.05, 4.69) is 26.3 Å². The summed E-state index contributed by atoms with van der Waals surface area (Å²) in [6.45, 7) is 7.36. The van der Waals surface area contributed by atoms with Gasteiger partial charge in [0.1, 0.15) is 5.82 Å². The molecule has 4 heterocycles. The first kappa shape index (κ1) is 16.1. The van der Waals surface area contributed by atoms with E-state index in [0.29, 0.717) is 6.04 Å². The fraction of sp³-hybridized carbons (Fsp3) is 0.556. The molecule has 2 bridgehead atoms. The first-order valence-corrected chi connectivity index (χ1v) is 9.43. The summed E-state index contributed by atoms with van der Waals surface area (Å²) in [6.07, 6.45) is 2.59. The lowest BCUT2D eigenvalue weighted by Gasteiger charge is -2.35. The van der Waals surface area contributed by atoms with Gasteiger partial charge in [-0.05, 0) is 54.9 Å². The molecule has 4 nitrogen and oxygen atoms in total. The highest BCUT2D eigenvalue weighted by atomic mass is 32.1. The van der Waals surface area contributed by atoms with Gasteiger partial charge in [0, 0.05) is 38.8 Å². The van der Waals surface area contributed by atoms with Crippen LogP contribution in [0.3, 0.4) is 0 Å². The van der Waals surface area contributed by atoms with E-state index < -0.39 is 0 Å². The first-order chi connectivity index (χ1) is 11.7. The Morgan fingerprint density at radius 1 is 1.12 bits per heavy atom. The monoisotopic (exact) mass is 346 g/mol. The minimum absolute atomic E-state index is 0.158. The van der Waals surface area contributed by atoms with Crippen LogP contribution in [0.4, 0.5) is 4.39 Å². The number of rotatable bonds is 4. The fourth-order valence-corrected chi connectivity index (χ4v) is 4.69. The van der Waals surface area contributed by atoms with E-state index in [1.54, 1.807) is 12.1 Å². The maximum absolute atomic E-state index is 13.1. The third-order valence-corrected chi connectivity index (χ3v) is 6.12. The number of nitrogens with zero attached hydrogens (tertiary/aromatic N) is 4. The summed E-state index contributed by atoms with van der Waals surface area (Å²) in [5.41, 5.74) is 2.27. The molecule has 0 N–H and O–H groups in total. The quantitative estimate of drug-likeness (QED) is 0.852. The summed E-state index contributed by atoms with van der Waals surface area (Å²) in [5, 5.41) is 4.15. The molecular weight excluding hydrogens is 323 g/mol. The second kappa shape index (κ2) is 6.86. The van der Waals surface area contributed by atoms with Crippen LogP contribution in [0.1, 0.15) is 29.0 Å². The standard InChI is InChI=1S/C18H23FN4S/c1-13-18(24-21-20-13)12-23-10-15-4-7-17(23)11-22(9-15)8-14-2-5-16(19)6-3-14/h2-3,5-6,15,17H,4,7-12H2,1H3/t15-,17+/m1/s1. The highest BCUT2D eigenvalue weighted by Gasteiger charge is 2.35. The van der Waals surface area contributed by atoms with Crippen LogP contribution in [0.15, 0.2) is 24.3 Å². The zero-order valence-electron chi connectivity index (χ0n) is 14.0. The Hall–Kier alpha value is -1.37. The van der Waals surface area contributed by atoms with Crippen molar-refractivity contribution in [2.75, 3.05) is 19.6 Å². The van der Waals surface area contributed by atoms with Crippen LogP contribution in [-0.4, -0.2) is 45.1 Å². The van der Waals surface area contributed by atoms with Gasteiger partial charge in [0.05, 0.1) is 10.6 Å². The number of hydrogen-bond donors (Lipinski definition) is 0. The maximum Gasteiger partial charge on any atom is 0.123 e. The molecule has 0 amide bonds. The van der Waals surface area contributed by atoms with Crippen LogP contribution in [0.5, 0.6) is 0 Å². The van der Waals surface area contributed by atoms with Crippen molar-refractivity contribution >= 4 is 11.5 Å². The van der Waals surface area contributed by atoms with Crippen molar-refractivity contribution < 1.29 is 4.39 Å². The topological polar surface area (TPSA) is 32.3 Å². The summed E-state index contributed by atoms with van der Waals surface area (Å²) in [5.74, 6) is 0.569. The minimum Gasteiger partial charge on any atom is -0.297 e. The molecule has 1 aromatic carbocycles. The van der Waals surface area contributed by atoms with Crippen molar-refractivity contribution in [2.24, 2.45) is 5.92 Å². The predicted molar refractivity (Wildman–Crippen MR) is 93.2 cm³/mol. The molecule has 0 unspecified atom stereocenters. The molecule has 3 fully saturated rings. The number of fused-ring (bicyclic) bond motifs is 4. The van der Waals surface area contributed by atoms with Crippen LogP contribution in [0, 0.1) is 18.7 Å². The van der Waals surface area contributed by atoms with E-state index in [1.807, 2.05) is 12.1 Å². The maximum atomic E-state index is 13.1. The molecule has 0 aliphatic carbocycles. The van der Waals surface area contributed by atoms with E-state index in [1.165, 1.54) is 41.4 Å². The third kappa shape index (κ3) is 3.50. The molecular formula is C18H23FN4S. The SMILES string of the molecule is Cc1nnsc1CN1C[C@@H]2CC[C@H]1CN(Cc1ccc(F)cc1)C2. The van der Waals surface area contributed by atoms with Gasteiger partial charge in [0.15, 0.2) is 0 Å². The fourth-order valence-electron chi connectivity index (χ4n) is 4.03. The first-order valence-electron chi connectivity index (χ1n) is 8.66. The zero-order valence-corrected chi connectivity index (χ0v) is 14.8. The van der Waals surface area contributed by atoms with Gasteiger partial charge in [0.25, 0.3) is 0 Å². The van der Waals surface area contributed by atoms with Crippen molar-refractivity contribution in [1.29, 1.82) is 0 Å². The summed E-state index contributed by atoms with van der Waals surface area (Å²) in [7, 11) is 0. The highest BCUT2D eigenvalue weighted by Crippen LogP contribution is 2.30. The normalized spacial score (nSPS) is 25.1. The van der Waals surface area contributed by atoms with Gasteiger partial charge in [-0.1, -0.05) is 16.6 Å². The smallest absolute Gasteiger partial charge is 0.123 e. The largest absolute Gasteiger partial charge is 0.297 e. The molecule has 2 atom stereocenters. The lowest BCUT2D eigenvalue weighted by Crippen LogP contribution is -2.43. The second-order valence-corrected chi connectivity index (χ2v) is 7.97. The number of aromatic nitrogens is 2. The minimum atomic E-state index is -0.158. The van der Waals surface area contributed by atoms with Gasteiger partial charge < -0.3 is 0 Å². The number of benzene rings is 1. The lowest BCUT2D eigenvalue weighted by atomic mass is 9.95. The summed E-state index contributed by atoms with van der Waals surface area (Å²) in [4.78, 5) is 6.47. The second-order valence-electron chi connectivity index (χ2n) is 7.13. The van der Waals surface area contributed by atoms with Gasteiger partial charge in [-0.2, -0.15) is 0 Å².